The summed E-state index contributed by atoms with van der Waals surface area (Å²) in [5.41, 5.74) is 1.14. The second-order valence-electron chi connectivity index (χ2n) is 6.05. The molecule has 1 aromatic carbocycles. The lowest BCUT2D eigenvalue weighted by molar-refractivity contribution is 0.108. The highest BCUT2D eigenvalue weighted by Crippen LogP contribution is 2.21. The third-order valence-electron chi connectivity index (χ3n) is 2.71. The Kier molecular flexibility index (Phi) is 5.17. The molecule has 18 heavy (non-hydrogen) atoms. The zero-order valence-corrected chi connectivity index (χ0v) is 12.1. The van der Waals surface area contributed by atoms with Crippen molar-refractivity contribution in [3.8, 4) is 5.75 Å². The molecule has 0 aliphatic rings. The van der Waals surface area contributed by atoms with Crippen LogP contribution in [0.5, 0.6) is 5.75 Å². The number of aliphatic hydroxyl groups is 1. The molecule has 0 spiro atoms. The zero-order chi connectivity index (χ0) is 13.8. The van der Waals surface area contributed by atoms with Crippen LogP contribution in [-0.2, 0) is 0 Å². The summed E-state index contributed by atoms with van der Waals surface area (Å²) < 4.78 is 5.17. The maximum atomic E-state index is 10.2. The summed E-state index contributed by atoms with van der Waals surface area (Å²) in [5.74, 6) is 0.782. The van der Waals surface area contributed by atoms with E-state index in [0.29, 0.717) is 6.54 Å². The molecular weight excluding hydrogens is 226 g/mol. The molecule has 0 bridgehead atoms. The van der Waals surface area contributed by atoms with Gasteiger partial charge in [-0.15, -0.1) is 0 Å². The Morgan fingerprint density at radius 2 is 2.00 bits per heavy atom. The number of aliphatic hydroxyl groups excluding tert-OH is 1. The summed E-state index contributed by atoms with van der Waals surface area (Å²) in [6.45, 7) is 8.17. The van der Waals surface area contributed by atoms with Crippen molar-refractivity contribution >= 4 is 0 Å². The minimum absolute atomic E-state index is 0.239. The van der Waals surface area contributed by atoms with Gasteiger partial charge in [0.25, 0.3) is 0 Å². The Morgan fingerprint density at radius 3 is 2.56 bits per heavy atom. The second kappa shape index (κ2) is 6.21. The summed E-state index contributed by atoms with van der Waals surface area (Å²) in [5, 5.41) is 10.2. The van der Waals surface area contributed by atoms with Crippen molar-refractivity contribution in [2.75, 3.05) is 27.2 Å². The SMILES string of the molecule is COc1cccc(C(O)CN(C)CC(C)(C)C)c1. The Morgan fingerprint density at radius 1 is 1.33 bits per heavy atom. The standard InChI is InChI=1S/C15H25NO2/c1-15(2,3)11-16(4)10-14(17)12-7-6-8-13(9-12)18-5/h6-9,14,17H,10-11H2,1-5H3. The van der Waals surface area contributed by atoms with Crippen molar-refractivity contribution in [1.29, 1.82) is 0 Å². The Hall–Kier alpha value is -1.06. The average Bonchev–Trinajstić information content (AvgIpc) is 2.26. The molecular formula is C15H25NO2. The molecule has 0 saturated carbocycles. The van der Waals surface area contributed by atoms with Crippen LogP contribution in [0, 0.1) is 5.41 Å². The van der Waals surface area contributed by atoms with Crippen LogP contribution >= 0.6 is 0 Å². The fourth-order valence-electron chi connectivity index (χ4n) is 2.12. The van der Waals surface area contributed by atoms with Crippen LogP contribution < -0.4 is 4.74 Å². The highest BCUT2D eigenvalue weighted by molar-refractivity contribution is 5.29. The fourth-order valence-corrected chi connectivity index (χ4v) is 2.12. The predicted molar refractivity (Wildman–Crippen MR) is 74.9 cm³/mol. The summed E-state index contributed by atoms with van der Waals surface area (Å²) in [7, 11) is 3.67. The molecule has 1 N–H and O–H groups in total. The number of likely N-dealkylation sites (N-methyl/N-ethyl adjacent to an activating group) is 1. The lowest BCUT2D eigenvalue weighted by Gasteiger charge is -2.28. The minimum atomic E-state index is -0.479. The van der Waals surface area contributed by atoms with Gasteiger partial charge in [-0.05, 0) is 30.2 Å². The minimum Gasteiger partial charge on any atom is -0.497 e. The lowest BCUT2D eigenvalue weighted by atomic mass is 9.96. The highest BCUT2D eigenvalue weighted by atomic mass is 16.5. The molecule has 1 rings (SSSR count). The number of hydrogen-bond donors (Lipinski definition) is 1. The second-order valence-corrected chi connectivity index (χ2v) is 6.05. The molecule has 1 atom stereocenters. The predicted octanol–water partition coefficient (Wildman–Crippen LogP) is 2.71. The Labute approximate surface area is 110 Å². The number of ether oxygens (including phenoxy) is 1. The zero-order valence-electron chi connectivity index (χ0n) is 12.1. The van der Waals surface area contributed by atoms with Crippen LogP contribution in [0.1, 0.15) is 32.4 Å². The molecule has 3 nitrogen and oxygen atoms in total. The van der Waals surface area contributed by atoms with Crippen molar-refractivity contribution in [3.05, 3.63) is 29.8 Å². The molecule has 0 fully saturated rings. The first kappa shape index (κ1) is 15.0. The van der Waals surface area contributed by atoms with E-state index in [2.05, 4.69) is 25.7 Å². The van der Waals surface area contributed by atoms with E-state index in [1.54, 1.807) is 7.11 Å². The molecule has 0 aliphatic carbocycles. The Bertz CT molecular complexity index is 371. The van der Waals surface area contributed by atoms with Crippen LogP contribution in [0.2, 0.25) is 0 Å². The summed E-state index contributed by atoms with van der Waals surface area (Å²) in [4.78, 5) is 2.16. The van der Waals surface area contributed by atoms with Gasteiger partial charge in [-0.3, -0.25) is 0 Å². The van der Waals surface area contributed by atoms with Gasteiger partial charge in [0.2, 0.25) is 0 Å². The van der Waals surface area contributed by atoms with Crippen molar-refractivity contribution in [3.63, 3.8) is 0 Å². The van der Waals surface area contributed by atoms with E-state index in [4.69, 9.17) is 4.74 Å². The smallest absolute Gasteiger partial charge is 0.119 e. The summed E-state index contributed by atoms with van der Waals surface area (Å²) >= 11 is 0. The van der Waals surface area contributed by atoms with E-state index < -0.39 is 6.10 Å². The summed E-state index contributed by atoms with van der Waals surface area (Å²) in [6.07, 6.45) is -0.479. The quantitative estimate of drug-likeness (QED) is 0.873. The van der Waals surface area contributed by atoms with E-state index in [1.807, 2.05) is 31.3 Å². The number of rotatable bonds is 5. The van der Waals surface area contributed by atoms with Gasteiger partial charge in [-0.2, -0.15) is 0 Å². The van der Waals surface area contributed by atoms with E-state index in [0.717, 1.165) is 17.9 Å². The molecule has 0 saturated heterocycles. The maximum absolute atomic E-state index is 10.2. The van der Waals surface area contributed by atoms with Gasteiger partial charge in [0, 0.05) is 13.1 Å². The van der Waals surface area contributed by atoms with Gasteiger partial charge in [0.15, 0.2) is 0 Å². The average molecular weight is 251 g/mol. The summed E-state index contributed by atoms with van der Waals surface area (Å²) in [6, 6.07) is 7.60. The number of methoxy groups -OCH3 is 1. The van der Waals surface area contributed by atoms with E-state index in [1.165, 1.54) is 0 Å². The number of nitrogens with zero attached hydrogens (tertiary/aromatic N) is 1. The molecule has 1 aromatic rings. The first-order chi connectivity index (χ1) is 8.31. The molecule has 0 heterocycles. The molecule has 3 heteroatoms. The molecule has 0 amide bonds. The normalized spacial score (nSPS) is 13.7. The van der Waals surface area contributed by atoms with Crippen LogP contribution in [-0.4, -0.2) is 37.3 Å². The van der Waals surface area contributed by atoms with Crippen LogP contribution in [0.25, 0.3) is 0 Å². The van der Waals surface area contributed by atoms with Gasteiger partial charge in [-0.25, -0.2) is 0 Å². The van der Waals surface area contributed by atoms with Crippen molar-refractivity contribution < 1.29 is 9.84 Å². The van der Waals surface area contributed by atoms with Crippen molar-refractivity contribution in [2.45, 2.75) is 26.9 Å². The molecule has 0 aliphatic heterocycles. The van der Waals surface area contributed by atoms with Crippen LogP contribution in [0.4, 0.5) is 0 Å². The van der Waals surface area contributed by atoms with Crippen LogP contribution in [0.3, 0.4) is 0 Å². The van der Waals surface area contributed by atoms with Crippen molar-refractivity contribution in [2.24, 2.45) is 5.41 Å². The molecule has 0 aromatic heterocycles. The largest absolute Gasteiger partial charge is 0.497 e. The monoisotopic (exact) mass is 251 g/mol. The van der Waals surface area contributed by atoms with E-state index >= 15 is 0 Å². The van der Waals surface area contributed by atoms with Crippen LogP contribution in [0.15, 0.2) is 24.3 Å². The highest BCUT2D eigenvalue weighted by Gasteiger charge is 2.17. The van der Waals surface area contributed by atoms with Gasteiger partial charge in [0.1, 0.15) is 5.75 Å². The lowest BCUT2D eigenvalue weighted by Crippen LogP contribution is -2.32. The van der Waals surface area contributed by atoms with E-state index in [-0.39, 0.29) is 5.41 Å². The van der Waals surface area contributed by atoms with Gasteiger partial charge >= 0.3 is 0 Å². The van der Waals surface area contributed by atoms with Crippen molar-refractivity contribution in [1.82, 2.24) is 4.90 Å². The van der Waals surface area contributed by atoms with Gasteiger partial charge in [-0.1, -0.05) is 32.9 Å². The fraction of sp³-hybridized carbons (Fsp3) is 0.600. The third kappa shape index (κ3) is 5.07. The first-order valence-electron chi connectivity index (χ1n) is 6.32. The van der Waals surface area contributed by atoms with Gasteiger partial charge in [0.05, 0.1) is 13.2 Å². The molecule has 102 valence electrons. The molecule has 1 unspecified atom stereocenters. The third-order valence-corrected chi connectivity index (χ3v) is 2.71. The maximum Gasteiger partial charge on any atom is 0.119 e. The topological polar surface area (TPSA) is 32.7 Å². The Balaban J connectivity index is 2.61. The van der Waals surface area contributed by atoms with Gasteiger partial charge < -0.3 is 14.7 Å². The van der Waals surface area contributed by atoms with E-state index in [9.17, 15) is 5.11 Å². The number of benzene rings is 1. The first-order valence-corrected chi connectivity index (χ1v) is 6.32. The molecule has 0 radical (unpaired) electrons. The number of hydrogen-bond acceptors (Lipinski definition) is 3.